The molecule has 0 bridgehead atoms. The zero-order valence-electron chi connectivity index (χ0n) is 23.4. The zero-order chi connectivity index (χ0) is 26.5. The lowest BCUT2D eigenvalue weighted by Crippen LogP contribution is -2.26. The monoisotopic (exact) mass is 526 g/mol. The highest BCUT2D eigenvalue weighted by atomic mass is 16.6. The summed E-state index contributed by atoms with van der Waals surface area (Å²) in [5.41, 5.74) is 1.73. The summed E-state index contributed by atoms with van der Waals surface area (Å²) >= 11 is 0. The summed E-state index contributed by atoms with van der Waals surface area (Å²) in [5, 5.41) is 0. The van der Waals surface area contributed by atoms with Crippen molar-refractivity contribution in [2.75, 3.05) is 13.2 Å². The predicted octanol–water partition coefficient (Wildman–Crippen LogP) is 6.87. The van der Waals surface area contributed by atoms with Gasteiger partial charge in [0.25, 0.3) is 0 Å². The molecule has 4 fully saturated rings. The second kappa shape index (κ2) is 13.0. The minimum Gasteiger partial charge on any atom is -0.426 e. The van der Waals surface area contributed by atoms with Gasteiger partial charge in [0.1, 0.15) is 11.5 Å². The largest absolute Gasteiger partial charge is 0.426 e. The van der Waals surface area contributed by atoms with E-state index in [0.717, 1.165) is 87.5 Å². The molecule has 0 spiro atoms. The van der Waals surface area contributed by atoms with Crippen molar-refractivity contribution in [3.63, 3.8) is 0 Å². The molecule has 5 rings (SSSR count). The summed E-state index contributed by atoms with van der Waals surface area (Å²) in [5.74, 6) is 2.33. The highest BCUT2D eigenvalue weighted by molar-refractivity contribution is 5.77. The first-order chi connectivity index (χ1) is 18.5. The maximum absolute atomic E-state index is 12.9. The number of esters is 2. The Morgan fingerprint density at radius 2 is 1.03 bits per heavy atom. The van der Waals surface area contributed by atoms with Gasteiger partial charge in [-0.15, -0.1) is 0 Å². The van der Waals surface area contributed by atoms with Crippen LogP contribution >= 0.6 is 0 Å². The van der Waals surface area contributed by atoms with E-state index in [-0.39, 0.29) is 23.8 Å². The van der Waals surface area contributed by atoms with Crippen LogP contribution in [-0.2, 0) is 19.1 Å². The molecule has 2 saturated heterocycles. The molecule has 2 atom stereocenters. The van der Waals surface area contributed by atoms with Gasteiger partial charge in [-0.05, 0) is 113 Å². The molecule has 0 amide bonds. The Balaban J connectivity index is 1.04. The predicted molar refractivity (Wildman–Crippen MR) is 145 cm³/mol. The Hall–Kier alpha value is -1.92. The topological polar surface area (TPSA) is 77.7 Å². The van der Waals surface area contributed by atoms with Crippen LogP contribution in [-0.4, -0.2) is 37.4 Å². The Morgan fingerprint density at radius 1 is 0.658 bits per heavy atom. The molecular formula is C32H46O6. The Kier molecular flexibility index (Phi) is 9.42. The van der Waals surface area contributed by atoms with Crippen LogP contribution in [0.4, 0.5) is 0 Å². The molecule has 1 aromatic rings. The molecule has 0 N–H and O–H groups in total. The van der Waals surface area contributed by atoms with Crippen molar-refractivity contribution in [1.82, 2.24) is 0 Å². The fraction of sp³-hybridized carbons (Fsp3) is 0.750. The number of ether oxygens (including phenoxy) is 4. The van der Waals surface area contributed by atoms with Gasteiger partial charge in [0.15, 0.2) is 0 Å². The number of epoxide rings is 2. The quantitative estimate of drug-likeness (QED) is 0.168. The van der Waals surface area contributed by atoms with Gasteiger partial charge in [0.2, 0.25) is 0 Å². The smallest absolute Gasteiger partial charge is 0.314 e. The van der Waals surface area contributed by atoms with Crippen LogP contribution in [0.15, 0.2) is 12.1 Å². The number of hydrogen-bond acceptors (Lipinski definition) is 6. The first kappa shape index (κ1) is 27.6. The average molecular weight is 527 g/mol. The molecule has 1 aromatic carbocycles. The normalized spacial score (nSPS) is 30.5. The average Bonchev–Trinajstić information content (AvgIpc) is 3.86. The Bertz CT molecular complexity index is 872. The van der Waals surface area contributed by atoms with Crippen molar-refractivity contribution in [2.45, 2.75) is 116 Å². The van der Waals surface area contributed by atoms with E-state index in [1.54, 1.807) is 12.1 Å². The van der Waals surface area contributed by atoms with Gasteiger partial charge in [0.05, 0.1) is 37.3 Å². The third kappa shape index (κ3) is 7.81. The van der Waals surface area contributed by atoms with Crippen molar-refractivity contribution in [2.24, 2.45) is 23.7 Å². The molecule has 2 heterocycles. The maximum atomic E-state index is 12.9. The van der Waals surface area contributed by atoms with E-state index >= 15 is 0 Å². The van der Waals surface area contributed by atoms with Crippen LogP contribution in [0.3, 0.4) is 0 Å². The van der Waals surface area contributed by atoms with Crippen molar-refractivity contribution >= 4 is 11.9 Å². The van der Waals surface area contributed by atoms with E-state index in [0.29, 0.717) is 23.7 Å². The molecule has 2 aliphatic carbocycles. The Labute approximate surface area is 228 Å². The lowest BCUT2D eigenvalue weighted by molar-refractivity contribution is -0.141. The standard InChI is InChI=1S/C32H46O6/c1-21-22(2)30(38-32(34)26-15-11-24(12-16-26)6-4-8-28-20-36-28)18-17-29(21)37-31(33)25-13-9-23(10-14-25)5-3-7-27-19-35-27/h17-18,23-28H,3-16,19-20H2,1-2H3. The lowest BCUT2D eigenvalue weighted by atomic mass is 9.80. The third-order valence-corrected chi connectivity index (χ3v) is 9.55. The van der Waals surface area contributed by atoms with Crippen LogP contribution in [0.1, 0.15) is 101 Å². The Morgan fingerprint density at radius 3 is 1.37 bits per heavy atom. The van der Waals surface area contributed by atoms with Crippen LogP contribution < -0.4 is 9.47 Å². The molecule has 0 aromatic heterocycles. The zero-order valence-corrected chi connectivity index (χ0v) is 23.4. The molecule has 38 heavy (non-hydrogen) atoms. The lowest BCUT2D eigenvalue weighted by Gasteiger charge is -2.28. The number of rotatable bonds is 12. The highest BCUT2D eigenvalue weighted by Crippen LogP contribution is 2.37. The van der Waals surface area contributed by atoms with Crippen molar-refractivity contribution in [3.05, 3.63) is 23.3 Å². The minimum atomic E-state index is -0.122. The van der Waals surface area contributed by atoms with Crippen LogP contribution in [0.25, 0.3) is 0 Å². The van der Waals surface area contributed by atoms with Gasteiger partial charge in [-0.25, -0.2) is 0 Å². The summed E-state index contributed by atoms with van der Waals surface area (Å²) in [6, 6.07) is 3.57. The van der Waals surface area contributed by atoms with Crippen LogP contribution in [0.2, 0.25) is 0 Å². The SMILES string of the molecule is Cc1c(OC(=O)C2CCC(CCCC3CO3)CC2)ccc(OC(=O)C2CCC(CCCC3CO3)CC2)c1C. The van der Waals surface area contributed by atoms with E-state index in [1.807, 2.05) is 13.8 Å². The molecule has 6 nitrogen and oxygen atoms in total. The summed E-state index contributed by atoms with van der Waals surface area (Å²) in [6.45, 7) is 5.76. The van der Waals surface area contributed by atoms with Crippen molar-refractivity contribution in [3.8, 4) is 11.5 Å². The summed E-state index contributed by atoms with van der Waals surface area (Å²) in [7, 11) is 0. The second-order valence-electron chi connectivity index (χ2n) is 12.4. The molecule has 2 saturated carbocycles. The molecular weight excluding hydrogens is 480 g/mol. The number of carbonyl (C=O) groups excluding carboxylic acids is 2. The van der Waals surface area contributed by atoms with Gasteiger partial charge < -0.3 is 18.9 Å². The molecule has 4 aliphatic rings. The van der Waals surface area contributed by atoms with E-state index in [9.17, 15) is 9.59 Å². The van der Waals surface area contributed by atoms with Crippen molar-refractivity contribution in [1.29, 1.82) is 0 Å². The first-order valence-electron chi connectivity index (χ1n) is 15.2. The van der Waals surface area contributed by atoms with Crippen LogP contribution in [0, 0.1) is 37.5 Å². The fourth-order valence-electron chi connectivity index (χ4n) is 6.49. The highest BCUT2D eigenvalue weighted by Gasteiger charge is 2.31. The van der Waals surface area contributed by atoms with Gasteiger partial charge in [0, 0.05) is 0 Å². The molecule has 6 heteroatoms. The molecule has 0 radical (unpaired) electrons. The number of benzene rings is 1. The summed E-state index contributed by atoms with van der Waals surface area (Å²) in [6.07, 6.45) is 16.4. The first-order valence-corrected chi connectivity index (χ1v) is 15.2. The van der Waals surface area contributed by atoms with Gasteiger partial charge in [-0.1, -0.05) is 25.7 Å². The van der Waals surface area contributed by atoms with E-state index in [4.69, 9.17) is 18.9 Å². The van der Waals surface area contributed by atoms with Crippen LogP contribution in [0.5, 0.6) is 11.5 Å². The molecule has 2 unspecified atom stereocenters. The number of hydrogen-bond donors (Lipinski definition) is 0. The third-order valence-electron chi connectivity index (χ3n) is 9.55. The van der Waals surface area contributed by atoms with E-state index in [1.165, 1.54) is 38.5 Å². The molecule has 210 valence electrons. The number of carbonyl (C=O) groups is 2. The molecule has 2 aliphatic heterocycles. The summed E-state index contributed by atoms with van der Waals surface area (Å²) in [4.78, 5) is 25.8. The van der Waals surface area contributed by atoms with E-state index < -0.39 is 0 Å². The van der Waals surface area contributed by atoms with Crippen molar-refractivity contribution < 1.29 is 28.5 Å². The fourth-order valence-corrected chi connectivity index (χ4v) is 6.49. The van der Waals surface area contributed by atoms with Gasteiger partial charge in [-0.3, -0.25) is 9.59 Å². The minimum absolute atomic E-state index is 0.0209. The maximum Gasteiger partial charge on any atom is 0.314 e. The van der Waals surface area contributed by atoms with Gasteiger partial charge >= 0.3 is 11.9 Å². The second-order valence-corrected chi connectivity index (χ2v) is 12.4. The summed E-state index contributed by atoms with van der Waals surface area (Å²) < 4.78 is 22.3. The van der Waals surface area contributed by atoms with E-state index in [2.05, 4.69) is 0 Å². The van der Waals surface area contributed by atoms with Gasteiger partial charge in [-0.2, -0.15) is 0 Å².